The molecule has 0 aliphatic rings. The summed E-state index contributed by atoms with van der Waals surface area (Å²) in [6.07, 6.45) is 3.60. The molecular formula is C22H20O4S2. The molecule has 0 aliphatic heterocycles. The molecule has 4 nitrogen and oxygen atoms in total. The Labute approximate surface area is 166 Å². The first-order chi connectivity index (χ1) is 13.3. The van der Waals surface area contributed by atoms with Crippen molar-refractivity contribution in [3.05, 3.63) is 78.9 Å². The van der Waals surface area contributed by atoms with Crippen LogP contribution in [0.4, 0.5) is 0 Å². The van der Waals surface area contributed by atoms with Crippen molar-refractivity contribution in [1.82, 2.24) is 0 Å². The highest BCUT2D eigenvalue weighted by Crippen LogP contribution is 2.55. The van der Waals surface area contributed by atoms with Crippen molar-refractivity contribution < 1.29 is 17.2 Å². The summed E-state index contributed by atoms with van der Waals surface area (Å²) >= 11 is 0. The molecule has 4 aromatic carbocycles. The van der Waals surface area contributed by atoms with Gasteiger partial charge in [0.25, 0.3) is 0 Å². The van der Waals surface area contributed by atoms with E-state index in [0.29, 0.717) is 10.8 Å². The van der Waals surface area contributed by atoms with E-state index in [4.69, 9.17) is 3.63 Å². The Kier molecular flexibility index (Phi) is 4.57. The first-order valence-corrected chi connectivity index (χ1v) is 12.5. The predicted octanol–water partition coefficient (Wildman–Crippen LogP) is 5.44. The molecule has 144 valence electrons. The summed E-state index contributed by atoms with van der Waals surface area (Å²) < 4.78 is 32.2. The molecule has 4 rings (SSSR count). The third-order valence-electron chi connectivity index (χ3n) is 4.67. The number of phenolic OH excluding ortho intramolecular Hbond substituents is 1. The predicted molar refractivity (Wildman–Crippen MR) is 116 cm³/mol. The molecule has 0 saturated carbocycles. The Morgan fingerprint density at radius 2 is 1.29 bits per heavy atom. The van der Waals surface area contributed by atoms with Gasteiger partial charge in [0.2, 0.25) is 0 Å². The van der Waals surface area contributed by atoms with Gasteiger partial charge in [0.15, 0.2) is 0 Å². The molecule has 0 atom stereocenters. The summed E-state index contributed by atoms with van der Waals surface area (Å²) in [6.45, 7) is 0. The van der Waals surface area contributed by atoms with E-state index in [1.807, 2.05) is 48.5 Å². The number of phenols is 1. The normalized spacial score (nSPS) is 13.1. The van der Waals surface area contributed by atoms with E-state index in [0.717, 1.165) is 15.7 Å². The third kappa shape index (κ3) is 3.24. The first kappa shape index (κ1) is 18.8. The van der Waals surface area contributed by atoms with Crippen LogP contribution in [-0.4, -0.2) is 26.0 Å². The zero-order valence-electron chi connectivity index (χ0n) is 15.5. The number of aromatic hydroxyl groups is 1. The average molecular weight is 413 g/mol. The van der Waals surface area contributed by atoms with Gasteiger partial charge in [0, 0.05) is 15.7 Å². The van der Waals surface area contributed by atoms with Crippen molar-refractivity contribution >= 4 is 42.0 Å². The van der Waals surface area contributed by atoms with Gasteiger partial charge in [0.1, 0.15) is 10.6 Å². The zero-order valence-corrected chi connectivity index (χ0v) is 17.1. The molecule has 0 aliphatic carbocycles. The Morgan fingerprint density at radius 3 is 2.04 bits per heavy atom. The van der Waals surface area contributed by atoms with Crippen LogP contribution in [0.1, 0.15) is 0 Å². The SMILES string of the molecule is CS(C)(OS(=O)(=O)c1cccc2ccccc12)c1ccc(O)c2ccccc12. The minimum Gasteiger partial charge on any atom is -0.507 e. The zero-order chi connectivity index (χ0) is 19.9. The molecule has 1 N–H and O–H groups in total. The van der Waals surface area contributed by atoms with Gasteiger partial charge in [-0.3, -0.25) is 0 Å². The Morgan fingerprint density at radius 1 is 0.679 bits per heavy atom. The standard InChI is InChI=1S/C22H20O4S2/c1-27(2,21-15-14-20(23)18-11-5-6-12-19(18)21)26-28(24,25)22-13-7-9-16-8-3-4-10-17(16)22/h3-15,23H,1-2H3. The molecule has 6 heteroatoms. The van der Waals surface area contributed by atoms with Gasteiger partial charge in [-0.15, -0.1) is 0 Å². The highest BCUT2D eigenvalue weighted by atomic mass is 32.3. The van der Waals surface area contributed by atoms with Crippen LogP contribution >= 0.6 is 10.3 Å². The second kappa shape index (κ2) is 6.81. The summed E-state index contributed by atoms with van der Waals surface area (Å²) in [5.74, 6) is 0.159. The molecule has 0 bridgehead atoms. The van der Waals surface area contributed by atoms with E-state index in [9.17, 15) is 13.5 Å². The van der Waals surface area contributed by atoms with Crippen LogP contribution < -0.4 is 0 Å². The van der Waals surface area contributed by atoms with Crippen molar-refractivity contribution in [1.29, 1.82) is 0 Å². The lowest BCUT2D eigenvalue weighted by Crippen LogP contribution is -2.11. The van der Waals surface area contributed by atoms with E-state index in [-0.39, 0.29) is 10.6 Å². The Balaban J connectivity index is 1.83. The largest absolute Gasteiger partial charge is 0.507 e. The number of benzene rings is 4. The minimum absolute atomic E-state index is 0.159. The summed E-state index contributed by atoms with van der Waals surface area (Å²) in [6, 6.07) is 23.2. The van der Waals surface area contributed by atoms with E-state index < -0.39 is 20.4 Å². The molecule has 4 aromatic rings. The number of rotatable bonds is 4. The second-order valence-electron chi connectivity index (χ2n) is 6.86. The molecule has 0 unspecified atom stereocenters. The minimum atomic E-state index is -4.00. The highest BCUT2D eigenvalue weighted by Gasteiger charge is 2.29. The summed E-state index contributed by atoms with van der Waals surface area (Å²) in [4.78, 5) is 0.930. The van der Waals surface area contributed by atoms with Gasteiger partial charge < -0.3 is 5.11 Å². The Hall–Kier alpha value is -2.54. The highest BCUT2D eigenvalue weighted by molar-refractivity contribution is 8.32. The van der Waals surface area contributed by atoms with Crippen LogP contribution in [-0.2, 0) is 13.7 Å². The summed E-state index contributed by atoms with van der Waals surface area (Å²) in [5, 5.41) is 13.1. The van der Waals surface area contributed by atoms with Gasteiger partial charge in [0.05, 0.1) is 0 Å². The quantitative estimate of drug-likeness (QED) is 0.485. The Bertz CT molecular complexity index is 1290. The maximum atomic E-state index is 13.2. The topological polar surface area (TPSA) is 63.6 Å². The molecule has 0 fully saturated rings. The van der Waals surface area contributed by atoms with Crippen molar-refractivity contribution in [2.45, 2.75) is 9.79 Å². The van der Waals surface area contributed by atoms with Crippen LogP contribution in [0.5, 0.6) is 5.75 Å². The lowest BCUT2D eigenvalue weighted by atomic mass is 10.1. The van der Waals surface area contributed by atoms with Crippen LogP contribution in [0.2, 0.25) is 0 Å². The molecule has 0 aromatic heterocycles. The van der Waals surface area contributed by atoms with Crippen LogP contribution in [0.3, 0.4) is 0 Å². The molecule has 0 spiro atoms. The lowest BCUT2D eigenvalue weighted by molar-refractivity contribution is 0.481. The fourth-order valence-electron chi connectivity index (χ4n) is 3.40. The van der Waals surface area contributed by atoms with Crippen LogP contribution in [0.15, 0.2) is 88.7 Å². The van der Waals surface area contributed by atoms with Gasteiger partial charge in [-0.2, -0.15) is 8.42 Å². The van der Waals surface area contributed by atoms with Crippen LogP contribution in [0, 0.1) is 0 Å². The van der Waals surface area contributed by atoms with Gasteiger partial charge >= 0.3 is 10.1 Å². The maximum absolute atomic E-state index is 13.2. The van der Waals surface area contributed by atoms with Gasteiger partial charge in [-0.25, -0.2) is 3.63 Å². The number of hydrogen-bond donors (Lipinski definition) is 1. The molecule has 0 saturated heterocycles. The summed E-state index contributed by atoms with van der Waals surface area (Å²) in [7, 11) is -6.17. The molecule has 28 heavy (non-hydrogen) atoms. The first-order valence-electron chi connectivity index (χ1n) is 8.67. The van der Waals surface area contributed by atoms with E-state index >= 15 is 0 Å². The molecule has 0 radical (unpaired) electrons. The average Bonchev–Trinajstić information content (AvgIpc) is 2.67. The third-order valence-corrected chi connectivity index (χ3v) is 9.06. The summed E-state index contributed by atoms with van der Waals surface area (Å²) in [5.41, 5.74) is 0. The number of fused-ring (bicyclic) bond motifs is 2. The fraction of sp³-hybridized carbons (Fsp3) is 0.0909. The lowest BCUT2D eigenvalue weighted by Gasteiger charge is -2.31. The maximum Gasteiger partial charge on any atom is 0.307 e. The van der Waals surface area contributed by atoms with Crippen molar-refractivity contribution in [3.8, 4) is 5.75 Å². The van der Waals surface area contributed by atoms with Crippen molar-refractivity contribution in [3.63, 3.8) is 0 Å². The van der Waals surface area contributed by atoms with Crippen molar-refractivity contribution in [2.75, 3.05) is 12.5 Å². The molecular weight excluding hydrogens is 392 g/mol. The van der Waals surface area contributed by atoms with Crippen LogP contribution in [0.25, 0.3) is 21.5 Å². The van der Waals surface area contributed by atoms with E-state index in [1.54, 1.807) is 42.8 Å². The molecule has 0 heterocycles. The van der Waals surface area contributed by atoms with E-state index in [1.165, 1.54) is 0 Å². The smallest absolute Gasteiger partial charge is 0.307 e. The van der Waals surface area contributed by atoms with Gasteiger partial charge in [-0.05, 0) is 41.5 Å². The monoisotopic (exact) mass is 412 g/mol. The van der Waals surface area contributed by atoms with Crippen molar-refractivity contribution in [2.24, 2.45) is 0 Å². The molecule has 0 amide bonds. The fourth-order valence-corrected chi connectivity index (χ4v) is 7.58. The number of hydrogen-bond acceptors (Lipinski definition) is 4. The second-order valence-corrected chi connectivity index (χ2v) is 11.7. The van der Waals surface area contributed by atoms with Gasteiger partial charge in [-0.1, -0.05) is 71.0 Å². The van der Waals surface area contributed by atoms with E-state index in [2.05, 4.69) is 0 Å².